The van der Waals surface area contributed by atoms with E-state index in [-0.39, 0.29) is 30.0 Å². The van der Waals surface area contributed by atoms with Gasteiger partial charge in [-0.05, 0) is 51.2 Å². The molecule has 0 radical (unpaired) electrons. The molecule has 0 bridgehead atoms. The lowest BCUT2D eigenvalue weighted by atomic mass is 10.2. The Morgan fingerprint density at radius 3 is 2.86 bits per heavy atom. The normalized spacial score (nSPS) is 15.9. The molecular weight excluding hydrogens is 379 g/mol. The van der Waals surface area contributed by atoms with Crippen molar-refractivity contribution >= 4 is 29.9 Å². The van der Waals surface area contributed by atoms with Crippen LogP contribution in [0.25, 0.3) is 0 Å². The quantitative estimate of drug-likeness (QED) is 0.450. The van der Waals surface area contributed by atoms with Gasteiger partial charge in [0.2, 0.25) is 5.88 Å². The Morgan fingerprint density at radius 1 is 1.48 bits per heavy atom. The molecule has 118 valence electrons. The predicted molar refractivity (Wildman–Crippen MR) is 96.1 cm³/mol. The number of nitrogens with zero attached hydrogens (tertiary/aromatic N) is 2. The van der Waals surface area contributed by atoms with Crippen molar-refractivity contribution in [3.05, 3.63) is 23.9 Å². The van der Waals surface area contributed by atoms with Gasteiger partial charge in [-0.2, -0.15) is 0 Å². The molecule has 1 aliphatic rings. The largest absolute Gasteiger partial charge is 0.474 e. The number of nitrogens with one attached hydrogen (secondary N) is 1. The lowest BCUT2D eigenvalue weighted by molar-refractivity contribution is 0.201. The maximum absolute atomic E-state index is 5.88. The zero-order valence-corrected chi connectivity index (χ0v) is 15.0. The highest BCUT2D eigenvalue weighted by Crippen LogP contribution is 2.23. The van der Waals surface area contributed by atoms with E-state index in [1.54, 1.807) is 6.20 Å². The number of hydrogen-bond acceptors (Lipinski definition) is 3. The number of halogens is 1. The highest BCUT2D eigenvalue weighted by atomic mass is 127. The van der Waals surface area contributed by atoms with Crippen LogP contribution in [0.3, 0.4) is 0 Å². The van der Waals surface area contributed by atoms with Crippen molar-refractivity contribution in [2.75, 3.05) is 0 Å². The van der Waals surface area contributed by atoms with E-state index in [0.29, 0.717) is 24.5 Å². The third-order valence-electron chi connectivity index (χ3n) is 3.26. The van der Waals surface area contributed by atoms with Crippen molar-refractivity contribution in [3.8, 4) is 5.88 Å². The molecular formula is C15H25IN4O. The van der Waals surface area contributed by atoms with E-state index < -0.39 is 0 Å². The van der Waals surface area contributed by atoms with E-state index in [2.05, 4.69) is 15.3 Å². The Bertz CT molecular complexity index is 459. The fraction of sp³-hybridized carbons (Fsp3) is 0.600. The second kappa shape index (κ2) is 9.07. The molecule has 1 fully saturated rings. The van der Waals surface area contributed by atoms with Crippen LogP contribution in [0.15, 0.2) is 23.3 Å². The van der Waals surface area contributed by atoms with Gasteiger partial charge in [0, 0.05) is 18.3 Å². The number of rotatable bonds is 5. The average molecular weight is 404 g/mol. The number of ether oxygens (including phenoxy) is 1. The third kappa shape index (κ3) is 6.50. The van der Waals surface area contributed by atoms with Gasteiger partial charge in [-0.1, -0.05) is 0 Å². The molecule has 21 heavy (non-hydrogen) atoms. The van der Waals surface area contributed by atoms with E-state index >= 15 is 0 Å². The lowest BCUT2D eigenvalue weighted by Crippen LogP contribution is -2.36. The van der Waals surface area contributed by atoms with Crippen molar-refractivity contribution in [2.24, 2.45) is 10.7 Å². The van der Waals surface area contributed by atoms with Crippen molar-refractivity contribution in [1.82, 2.24) is 10.3 Å². The molecule has 3 N–H and O–H groups in total. The van der Waals surface area contributed by atoms with Gasteiger partial charge >= 0.3 is 0 Å². The van der Waals surface area contributed by atoms with Crippen LogP contribution in [0, 0.1) is 0 Å². The van der Waals surface area contributed by atoms with Crippen LogP contribution in [0.5, 0.6) is 5.88 Å². The highest BCUT2D eigenvalue weighted by molar-refractivity contribution is 14.0. The molecule has 2 rings (SSSR count). The number of aliphatic imine (C=N–C) groups is 1. The molecule has 6 heteroatoms. The second-order valence-corrected chi connectivity index (χ2v) is 5.53. The monoisotopic (exact) mass is 404 g/mol. The molecule has 0 spiro atoms. The third-order valence-corrected chi connectivity index (χ3v) is 3.26. The maximum Gasteiger partial charge on any atom is 0.213 e. The number of guanidine groups is 1. The molecule has 0 unspecified atom stereocenters. The van der Waals surface area contributed by atoms with E-state index in [0.717, 1.165) is 18.4 Å². The summed E-state index contributed by atoms with van der Waals surface area (Å²) in [5.74, 6) is 1.16. The first kappa shape index (κ1) is 18.0. The zero-order chi connectivity index (χ0) is 14.4. The molecule has 5 nitrogen and oxygen atoms in total. The van der Waals surface area contributed by atoms with Crippen LogP contribution < -0.4 is 15.8 Å². The first-order valence-electron chi connectivity index (χ1n) is 7.31. The molecule has 0 atom stereocenters. The summed E-state index contributed by atoms with van der Waals surface area (Å²) >= 11 is 0. The Balaban J connectivity index is 0.00000220. The molecule has 1 heterocycles. The summed E-state index contributed by atoms with van der Waals surface area (Å²) in [7, 11) is 0. The van der Waals surface area contributed by atoms with E-state index in [4.69, 9.17) is 10.5 Å². The Kier molecular flexibility index (Phi) is 7.77. The Hall–Kier alpha value is -1.05. The SMILES string of the molecule is CC(C)NC(N)=NCc1ccnc(OC2CCCC2)c1.I. The van der Waals surface area contributed by atoms with Gasteiger partial charge in [-0.15, -0.1) is 24.0 Å². The summed E-state index contributed by atoms with van der Waals surface area (Å²) < 4.78 is 5.88. The number of aromatic nitrogens is 1. The van der Waals surface area contributed by atoms with Crippen LogP contribution in [-0.2, 0) is 6.54 Å². The molecule has 0 amide bonds. The molecule has 1 aromatic heterocycles. The first-order chi connectivity index (χ1) is 9.63. The van der Waals surface area contributed by atoms with Gasteiger partial charge in [0.05, 0.1) is 6.54 Å². The number of pyridine rings is 1. The minimum Gasteiger partial charge on any atom is -0.474 e. The van der Waals surface area contributed by atoms with Crippen LogP contribution in [0.4, 0.5) is 0 Å². The molecule has 0 saturated heterocycles. The summed E-state index contributed by atoms with van der Waals surface area (Å²) in [6.07, 6.45) is 6.87. The van der Waals surface area contributed by atoms with Crippen LogP contribution >= 0.6 is 24.0 Å². The topological polar surface area (TPSA) is 72.5 Å². The molecule has 1 saturated carbocycles. The maximum atomic E-state index is 5.88. The van der Waals surface area contributed by atoms with Crippen LogP contribution in [0.1, 0.15) is 45.1 Å². The van der Waals surface area contributed by atoms with Gasteiger partial charge < -0.3 is 15.8 Å². The summed E-state index contributed by atoms with van der Waals surface area (Å²) in [5.41, 5.74) is 6.84. The average Bonchev–Trinajstić information content (AvgIpc) is 2.89. The van der Waals surface area contributed by atoms with Gasteiger partial charge in [0.15, 0.2) is 5.96 Å². The van der Waals surface area contributed by atoms with E-state index in [1.807, 2.05) is 26.0 Å². The minimum absolute atomic E-state index is 0. The fourth-order valence-corrected chi connectivity index (χ4v) is 2.31. The van der Waals surface area contributed by atoms with Gasteiger partial charge in [0.25, 0.3) is 0 Å². The van der Waals surface area contributed by atoms with Crippen molar-refractivity contribution in [3.63, 3.8) is 0 Å². The zero-order valence-electron chi connectivity index (χ0n) is 12.7. The number of hydrogen-bond donors (Lipinski definition) is 2. The predicted octanol–water partition coefficient (Wildman–Crippen LogP) is 2.83. The summed E-state index contributed by atoms with van der Waals surface area (Å²) in [6.45, 7) is 4.60. The van der Waals surface area contributed by atoms with Gasteiger partial charge in [0.1, 0.15) is 6.10 Å². The fourth-order valence-electron chi connectivity index (χ4n) is 2.31. The minimum atomic E-state index is 0. The smallest absolute Gasteiger partial charge is 0.213 e. The lowest BCUT2D eigenvalue weighted by Gasteiger charge is -2.12. The second-order valence-electron chi connectivity index (χ2n) is 5.53. The molecule has 0 aliphatic heterocycles. The molecule has 0 aromatic carbocycles. The van der Waals surface area contributed by atoms with E-state index in [9.17, 15) is 0 Å². The standard InChI is InChI=1S/C15H24N4O.HI/c1-11(2)19-15(16)18-10-12-7-8-17-14(9-12)20-13-5-3-4-6-13;/h7-9,11,13H,3-6,10H2,1-2H3,(H3,16,18,19);1H. The van der Waals surface area contributed by atoms with Gasteiger partial charge in [-0.3, -0.25) is 0 Å². The van der Waals surface area contributed by atoms with E-state index in [1.165, 1.54) is 12.8 Å². The Labute approximate surface area is 143 Å². The number of nitrogens with two attached hydrogens (primary N) is 1. The van der Waals surface area contributed by atoms with Crippen molar-refractivity contribution < 1.29 is 4.74 Å². The van der Waals surface area contributed by atoms with Crippen molar-refractivity contribution in [1.29, 1.82) is 0 Å². The van der Waals surface area contributed by atoms with Gasteiger partial charge in [-0.25, -0.2) is 9.98 Å². The highest BCUT2D eigenvalue weighted by Gasteiger charge is 2.16. The summed E-state index contributed by atoms with van der Waals surface area (Å²) in [6, 6.07) is 4.18. The Morgan fingerprint density at radius 2 is 2.19 bits per heavy atom. The summed E-state index contributed by atoms with van der Waals surface area (Å²) in [5, 5.41) is 3.07. The summed E-state index contributed by atoms with van der Waals surface area (Å²) in [4.78, 5) is 8.57. The van der Waals surface area contributed by atoms with Crippen LogP contribution in [-0.4, -0.2) is 23.1 Å². The molecule has 1 aliphatic carbocycles. The molecule has 1 aromatic rings. The first-order valence-corrected chi connectivity index (χ1v) is 7.31. The van der Waals surface area contributed by atoms with Crippen LogP contribution in [0.2, 0.25) is 0 Å². The van der Waals surface area contributed by atoms with Crippen molar-refractivity contribution in [2.45, 2.75) is 58.2 Å².